The lowest BCUT2D eigenvalue weighted by molar-refractivity contribution is 0.332. The molecule has 3 aromatic rings. The molecule has 0 aliphatic heterocycles. The average molecular weight is 403 g/mol. The second-order valence-electron chi connectivity index (χ2n) is 9.36. The van der Waals surface area contributed by atoms with Crippen LogP contribution in [0.1, 0.15) is 65.6 Å². The number of hydrogen-bond acceptors (Lipinski definition) is 3. The molecule has 0 radical (unpaired) electrons. The van der Waals surface area contributed by atoms with Crippen molar-refractivity contribution in [2.75, 3.05) is 0 Å². The molecule has 4 rings (SSSR count). The standard InChI is InChI=1S/C27H30O3/c1-16-6-9-21(28)19(14-16)26(4)12-13-27(5,20-15-17(2)7-10-22(20)29)25-23(30)11-8-18(3)24(25)26/h6-11,14-15,28-30H,12-13H2,1-5H3. The Kier molecular flexibility index (Phi) is 4.61. The molecule has 0 saturated carbocycles. The van der Waals surface area contributed by atoms with Gasteiger partial charge >= 0.3 is 0 Å². The predicted molar refractivity (Wildman–Crippen MR) is 121 cm³/mol. The van der Waals surface area contributed by atoms with E-state index in [0.717, 1.165) is 51.8 Å². The first-order chi connectivity index (χ1) is 14.1. The molecule has 0 aromatic heterocycles. The third-order valence-electron chi connectivity index (χ3n) is 7.11. The molecule has 0 spiro atoms. The summed E-state index contributed by atoms with van der Waals surface area (Å²) in [4.78, 5) is 0. The highest BCUT2D eigenvalue weighted by atomic mass is 16.3. The van der Waals surface area contributed by atoms with Crippen LogP contribution in [0, 0.1) is 20.8 Å². The van der Waals surface area contributed by atoms with Crippen LogP contribution in [0.2, 0.25) is 0 Å². The van der Waals surface area contributed by atoms with Gasteiger partial charge in [0.05, 0.1) is 0 Å². The molecule has 3 N–H and O–H groups in total. The van der Waals surface area contributed by atoms with Crippen LogP contribution in [0.15, 0.2) is 48.5 Å². The largest absolute Gasteiger partial charge is 0.508 e. The quantitative estimate of drug-likeness (QED) is 0.483. The predicted octanol–water partition coefficient (Wildman–Crippen LogP) is 6.13. The van der Waals surface area contributed by atoms with Crippen LogP contribution in [0.4, 0.5) is 0 Å². The van der Waals surface area contributed by atoms with Crippen molar-refractivity contribution in [3.63, 3.8) is 0 Å². The minimum absolute atomic E-state index is 0.233. The van der Waals surface area contributed by atoms with Crippen molar-refractivity contribution in [1.29, 1.82) is 0 Å². The van der Waals surface area contributed by atoms with E-state index in [2.05, 4.69) is 26.8 Å². The first kappa shape index (κ1) is 20.3. The maximum Gasteiger partial charge on any atom is 0.119 e. The average Bonchev–Trinajstić information content (AvgIpc) is 2.70. The Balaban J connectivity index is 2.06. The fourth-order valence-electron chi connectivity index (χ4n) is 5.44. The van der Waals surface area contributed by atoms with Gasteiger partial charge in [-0.2, -0.15) is 0 Å². The fourth-order valence-corrected chi connectivity index (χ4v) is 5.44. The number of aromatic hydroxyl groups is 3. The molecule has 2 atom stereocenters. The van der Waals surface area contributed by atoms with Gasteiger partial charge in [0.25, 0.3) is 0 Å². The van der Waals surface area contributed by atoms with E-state index >= 15 is 0 Å². The molecular weight excluding hydrogens is 372 g/mol. The van der Waals surface area contributed by atoms with Crippen molar-refractivity contribution in [1.82, 2.24) is 0 Å². The first-order valence-electron chi connectivity index (χ1n) is 10.5. The highest BCUT2D eigenvalue weighted by molar-refractivity contribution is 5.63. The third kappa shape index (κ3) is 2.87. The number of fused-ring (bicyclic) bond motifs is 1. The van der Waals surface area contributed by atoms with Crippen molar-refractivity contribution in [2.45, 2.75) is 58.3 Å². The summed E-state index contributed by atoms with van der Waals surface area (Å²) >= 11 is 0. The smallest absolute Gasteiger partial charge is 0.119 e. The molecule has 30 heavy (non-hydrogen) atoms. The monoisotopic (exact) mass is 402 g/mol. The molecule has 0 amide bonds. The van der Waals surface area contributed by atoms with Gasteiger partial charge in [-0.1, -0.05) is 55.3 Å². The van der Waals surface area contributed by atoms with Crippen LogP contribution in [0.3, 0.4) is 0 Å². The minimum atomic E-state index is -0.541. The second-order valence-corrected chi connectivity index (χ2v) is 9.36. The van der Waals surface area contributed by atoms with Gasteiger partial charge in [0.1, 0.15) is 17.2 Å². The summed E-state index contributed by atoms with van der Waals surface area (Å²) in [6.07, 6.45) is 1.52. The Hall–Kier alpha value is -2.94. The minimum Gasteiger partial charge on any atom is -0.508 e. The van der Waals surface area contributed by atoms with E-state index in [9.17, 15) is 15.3 Å². The Morgan fingerprint density at radius 2 is 1.03 bits per heavy atom. The van der Waals surface area contributed by atoms with Crippen molar-refractivity contribution in [3.05, 3.63) is 87.5 Å². The normalized spacial score (nSPS) is 23.2. The number of phenolic OH excluding ortho intramolecular Hbond substituents is 3. The topological polar surface area (TPSA) is 60.7 Å². The van der Waals surface area contributed by atoms with Crippen LogP contribution in [-0.2, 0) is 10.8 Å². The fraction of sp³-hybridized carbons (Fsp3) is 0.333. The van der Waals surface area contributed by atoms with Gasteiger partial charge in [0.2, 0.25) is 0 Å². The Morgan fingerprint density at radius 1 is 0.600 bits per heavy atom. The molecule has 0 bridgehead atoms. The molecule has 2 unspecified atom stereocenters. The van der Waals surface area contributed by atoms with Gasteiger partial charge < -0.3 is 15.3 Å². The van der Waals surface area contributed by atoms with E-state index in [1.54, 1.807) is 18.2 Å². The second kappa shape index (κ2) is 6.80. The maximum absolute atomic E-state index is 11.1. The number of phenols is 3. The van der Waals surface area contributed by atoms with Gasteiger partial charge in [0.15, 0.2) is 0 Å². The molecule has 156 valence electrons. The Labute approximate surface area is 178 Å². The zero-order valence-electron chi connectivity index (χ0n) is 18.4. The zero-order chi connectivity index (χ0) is 21.8. The molecule has 3 aromatic carbocycles. The van der Waals surface area contributed by atoms with Gasteiger partial charge in [-0.25, -0.2) is 0 Å². The van der Waals surface area contributed by atoms with E-state index in [4.69, 9.17) is 0 Å². The van der Waals surface area contributed by atoms with Crippen LogP contribution < -0.4 is 0 Å². The van der Waals surface area contributed by atoms with Crippen LogP contribution in [0.5, 0.6) is 17.2 Å². The van der Waals surface area contributed by atoms with E-state index in [1.807, 2.05) is 38.1 Å². The van der Waals surface area contributed by atoms with E-state index in [-0.39, 0.29) is 17.2 Å². The summed E-state index contributed by atoms with van der Waals surface area (Å²) in [7, 11) is 0. The summed E-state index contributed by atoms with van der Waals surface area (Å²) in [5, 5.41) is 32.6. The van der Waals surface area contributed by atoms with Crippen molar-refractivity contribution in [2.24, 2.45) is 0 Å². The van der Waals surface area contributed by atoms with Crippen molar-refractivity contribution >= 4 is 0 Å². The highest BCUT2D eigenvalue weighted by Gasteiger charge is 2.48. The van der Waals surface area contributed by atoms with Gasteiger partial charge in [-0.15, -0.1) is 0 Å². The maximum atomic E-state index is 11.1. The molecule has 1 aliphatic rings. The van der Waals surface area contributed by atoms with Crippen LogP contribution >= 0.6 is 0 Å². The summed E-state index contributed by atoms with van der Waals surface area (Å²) in [5.74, 6) is 0.757. The van der Waals surface area contributed by atoms with Gasteiger partial charge in [0, 0.05) is 27.5 Å². The molecule has 0 heterocycles. The lowest BCUT2D eigenvalue weighted by atomic mass is 9.56. The number of hydrogen-bond donors (Lipinski definition) is 3. The van der Waals surface area contributed by atoms with E-state index in [0.29, 0.717) is 0 Å². The SMILES string of the molecule is Cc1ccc(O)c(C2(C)CCC(C)(c3cc(C)ccc3O)c3c(O)ccc(C)c32)c1. The van der Waals surface area contributed by atoms with Gasteiger partial charge in [-0.05, 0) is 62.9 Å². The van der Waals surface area contributed by atoms with Crippen LogP contribution in [0.25, 0.3) is 0 Å². The Morgan fingerprint density at radius 3 is 1.53 bits per heavy atom. The molecule has 0 saturated heterocycles. The lowest BCUT2D eigenvalue weighted by Crippen LogP contribution is -2.39. The number of aryl methyl sites for hydroxylation is 3. The molecule has 0 fully saturated rings. The van der Waals surface area contributed by atoms with Crippen molar-refractivity contribution < 1.29 is 15.3 Å². The Bertz CT molecular complexity index is 1060. The van der Waals surface area contributed by atoms with Crippen molar-refractivity contribution in [3.8, 4) is 17.2 Å². The van der Waals surface area contributed by atoms with E-state index < -0.39 is 10.8 Å². The third-order valence-corrected chi connectivity index (χ3v) is 7.11. The number of benzene rings is 3. The summed E-state index contributed by atoms with van der Waals surface area (Å²) < 4.78 is 0. The molecule has 1 aliphatic carbocycles. The zero-order valence-corrected chi connectivity index (χ0v) is 18.4. The number of rotatable bonds is 2. The molecular formula is C27H30O3. The summed E-state index contributed by atoms with van der Waals surface area (Å²) in [6.45, 7) is 10.4. The van der Waals surface area contributed by atoms with Crippen LogP contribution in [-0.4, -0.2) is 15.3 Å². The summed E-state index contributed by atoms with van der Waals surface area (Å²) in [5.41, 5.74) is 5.84. The lowest BCUT2D eigenvalue weighted by Gasteiger charge is -2.47. The highest BCUT2D eigenvalue weighted by Crippen LogP contribution is 2.57. The molecule has 3 nitrogen and oxygen atoms in total. The van der Waals surface area contributed by atoms with Gasteiger partial charge in [-0.3, -0.25) is 0 Å². The summed E-state index contributed by atoms with van der Waals surface area (Å²) in [6, 6.07) is 15.1. The molecule has 3 heteroatoms. The van der Waals surface area contributed by atoms with E-state index in [1.165, 1.54) is 0 Å². The first-order valence-corrected chi connectivity index (χ1v) is 10.5.